The van der Waals surface area contributed by atoms with Gasteiger partial charge in [0, 0.05) is 11.3 Å². The Hall–Kier alpha value is -2.49. The van der Waals surface area contributed by atoms with Gasteiger partial charge in [-0.15, -0.1) is 0 Å². The van der Waals surface area contributed by atoms with Crippen molar-refractivity contribution in [3.63, 3.8) is 0 Å². The molecule has 38 heavy (non-hydrogen) atoms. The molecule has 1 aliphatic rings. The lowest BCUT2D eigenvalue weighted by atomic mass is 9.86. The van der Waals surface area contributed by atoms with E-state index < -0.39 is 23.1 Å². The molecule has 3 unspecified atom stereocenters. The summed E-state index contributed by atoms with van der Waals surface area (Å²) >= 11 is 9.42. The van der Waals surface area contributed by atoms with Crippen molar-refractivity contribution in [3.8, 4) is 0 Å². The van der Waals surface area contributed by atoms with Crippen LogP contribution in [-0.4, -0.2) is 21.2 Å². The minimum atomic E-state index is -2.77. The number of nitrogens with two attached hydrogens (primary N) is 1. The van der Waals surface area contributed by atoms with Gasteiger partial charge in [0.05, 0.1) is 34.2 Å². The van der Waals surface area contributed by atoms with Gasteiger partial charge in [0.25, 0.3) is 0 Å². The highest BCUT2D eigenvalue weighted by atomic mass is 35.5. The first-order valence-corrected chi connectivity index (χ1v) is 14.3. The zero-order valence-corrected chi connectivity index (χ0v) is 23.0. The number of fused-ring (bicyclic) bond motifs is 1. The Labute approximate surface area is 234 Å². The molecule has 0 saturated heterocycles. The number of hydrogen-bond acceptors (Lipinski definition) is 4. The minimum absolute atomic E-state index is 0.173. The van der Waals surface area contributed by atoms with Crippen LogP contribution in [0.15, 0.2) is 60.7 Å². The Balaban J connectivity index is 1.60. The number of carbonyl (C=O) groups is 1. The number of nitrogens with zero attached hydrogens (tertiary/aromatic N) is 1. The number of benzene rings is 3. The molecule has 1 amide bonds. The van der Waals surface area contributed by atoms with Crippen LogP contribution in [0.25, 0.3) is 0 Å². The average Bonchev–Trinajstić information content (AvgIpc) is 2.89. The molecule has 0 aromatic heterocycles. The third-order valence-electron chi connectivity index (χ3n) is 6.76. The predicted molar refractivity (Wildman–Crippen MR) is 149 cm³/mol. The second-order valence-electron chi connectivity index (χ2n) is 9.35. The molecule has 0 aliphatic heterocycles. The van der Waals surface area contributed by atoms with Crippen molar-refractivity contribution in [2.75, 3.05) is 10.8 Å². The van der Waals surface area contributed by atoms with Crippen LogP contribution in [0.2, 0.25) is 10.0 Å². The first-order chi connectivity index (χ1) is 18.3. The lowest BCUT2D eigenvalue weighted by Gasteiger charge is -2.35. The fraction of sp³-hybridized carbons (Fsp3) is 0.321. The van der Waals surface area contributed by atoms with E-state index in [0.717, 1.165) is 42.0 Å². The topological polar surface area (TPSA) is 98.5 Å². The smallest absolute Gasteiger partial charge is 0.222 e. The second kappa shape index (κ2) is 13.0. The molecule has 0 heterocycles. The van der Waals surface area contributed by atoms with E-state index in [4.69, 9.17) is 28.9 Å². The lowest BCUT2D eigenvalue weighted by molar-refractivity contribution is -0.122. The third-order valence-corrected chi connectivity index (χ3v) is 8.29. The summed E-state index contributed by atoms with van der Waals surface area (Å²) in [7, 11) is 0. The number of aryl methyl sites for hydroxylation is 2. The van der Waals surface area contributed by atoms with Crippen LogP contribution < -0.4 is 15.4 Å². The van der Waals surface area contributed by atoms with Crippen molar-refractivity contribution < 1.29 is 17.9 Å². The second-order valence-corrected chi connectivity index (χ2v) is 11.0. The first kappa shape index (κ1) is 28.5. The molecule has 0 fully saturated rings. The largest absolute Gasteiger partial charge is 0.755 e. The van der Waals surface area contributed by atoms with Crippen LogP contribution in [0.4, 0.5) is 10.1 Å². The Morgan fingerprint density at radius 3 is 2.58 bits per heavy atom. The molecule has 0 spiro atoms. The van der Waals surface area contributed by atoms with Gasteiger partial charge in [-0.3, -0.25) is 13.3 Å². The van der Waals surface area contributed by atoms with Crippen molar-refractivity contribution in [1.29, 1.82) is 0 Å². The molecule has 3 aromatic carbocycles. The summed E-state index contributed by atoms with van der Waals surface area (Å²) in [6.07, 6.45) is 4.31. The Morgan fingerprint density at radius 1 is 1.13 bits per heavy atom. The first-order valence-electron chi connectivity index (χ1n) is 12.5. The maximum atomic E-state index is 13.7. The monoisotopic (exact) mass is 576 g/mol. The van der Waals surface area contributed by atoms with E-state index in [-0.39, 0.29) is 34.1 Å². The van der Waals surface area contributed by atoms with Crippen LogP contribution in [0.3, 0.4) is 0 Å². The van der Waals surface area contributed by atoms with Gasteiger partial charge in [-0.05, 0) is 91.2 Å². The number of hydrogen-bond donors (Lipinski definition) is 2. The standard InChI is InChI=1S/C28H30Cl2FN3O3S/c29-24-13-11-22(16-25(24)30)34(38(36)37)27(19-7-9-21(31)10-8-19)17-28(35)33-26-5-1-4-20-15-18(3-2-14-32)6-12-23(20)26/h6-13,15-16,26-27H,1-5,14,17,32H2,(H,33,35)(H,36,37)/p-1. The maximum Gasteiger partial charge on any atom is 0.222 e. The summed E-state index contributed by atoms with van der Waals surface area (Å²) in [6, 6.07) is 15.1. The van der Waals surface area contributed by atoms with E-state index in [9.17, 15) is 17.9 Å². The molecule has 4 rings (SSSR count). The maximum absolute atomic E-state index is 13.7. The van der Waals surface area contributed by atoms with Crippen LogP contribution in [-0.2, 0) is 28.9 Å². The molecule has 0 radical (unpaired) electrons. The zero-order valence-electron chi connectivity index (χ0n) is 20.7. The Kier molecular flexibility index (Phi) is 9.79. The molecule has 202 valence electrons. The zero-order chi connectivity index (χ0) is 27.2. The highest BCUT2D eigenvalue weighted by Gasteiger charge is 2.28. The van der Waals surface area contributed by atoms with E-state index >= 15 is 0 Å². The Bertz CT molecular complexity index is 1310. The van der Waals surface area contributed by atoms with Crippen molar-refractivity contribution in [2.45, 2.75) is 50.6 Å². The molecule has 10 heteroatoms. The summed E-state index contributed by atoms with van der Waals surface area (Å²) in [5.74, 6) is -0.786. The molecular formula is C28H29Cl2FN3O3S-. The fourth-order valence-electron chi connectivity index (χ4n) is 4.92. The summed E-state index contributed by atoms with van der Waals surface area (Å²) in [5.41, 5.74) is 9.87. The van der Waals surface area contributed by atoms with Gasteiger partial charge in [0.1, 0.15) is 5.82 Å². The van der Waals surface area contributed by atoms with E-state index in [0.29, 0.717) is 12.1 Å². The molecule has 6 nitrogen and oxygen atoms in total. The molecule has 3 atom stereocenters. The normalized spacial score (nSPS) is 16.4. The summed E-state index contributed by atoms with van der Waals surface area (Å²) in [4.78, 5) is 13.4. The van der Waals surface area contributed by atoms with Crippen LogP contribution in [0, 0.1) is 5.82 Å². The van der Waals surface area contributed by atoms with E-state index in [2.05, 4.69) is 23.5 Å². The Morgan fingerprint density at radius 2 is 1.89 bits per heavy atom. The summed E-state index contributed by atoms with van der Waals surface area (Å²) in [6.45, 7) is 0.637. The molecule has 3 aromatic rings. The van der Waals surface area contributed by atoms with Gasteiger partial charge in [0.2, 0.25) is 5.91 Å². The highest BCUT2D eigenvalue weighted by Crippen LogP contribution is 2.36. The van der Waals surface area contributed by atoms with Crippen molar-refractivity contribution in [3.05, 3.63) is 98.8 Å². The average molecular weight is 578 g/mol. The molecule has 1 aliphatic carbocycles. The highest BCUT2D eigenvalue weighted by molar-refractivity contribution is 7.80. The van der Waals surface area contributed by atoms with Crippen LogP contribution in [0.1, 0.15) is 60.0 Å². The molecular weight excluding hydrogens is 548 g/mol. The number of amides is 1. The van der Waals surface area contributed by atoms with Crippen molar-refractivity contribution in [1.82, 2.24) is 5.32 Å². The van der Waals surface area contributed by atoms with Crippen molar-refractivity contribution in [2.24, 2.45) is 5.73 Å². The van der Waals surface area contributed by atoms with Crippen LogP contribution in [0.5, 0.6) is 0 Å². The van der Waals surface area contributed by atoms with Gasteiger partial charge in [-0.25, -0.2) is 4.39 Å². The number of carbonyl (C=O) groups excluding carboxylic acids is 1. The summed E-state index contributed by atoms with van der Waals surface area (Å²) in [5, 5.41) is 3.55. The fourth-order valence-corrected chi connectivity index (χ4v) is 5.90. The lowest BCUT2D eigenvalue weighted by Crippen LogP contribution is -2.37. The minimum Gasteiger partial charge on any atom is -0.755 e. The predicted octanol–water partition coefficient (Wildman–Crippen LogP) is 5.95. The van der Waals surface area contributed by atoms with Gasteiger partial charge in [-0.2, -0.15) is 0 Å². The number of nitrogens with one attached hydrogen (secondary N) is 1. The molecule has 0 saturated carbocycles. The van der Waals surface area contributed by atoms with Gasteiger partial charge in [-0.1, -0.05) is 53.5 Å². The van der Waals surface area contributed by atoms with E-state index in [1.165, 1.54) is 53.6 Å². The van der Waals surface area contributed by atoms with Crippen LogP contribution >= 0.6 is 23.2 Å². The van der Waals surface area contributed by atoms with E-state index in [1.54, 1.807) is 0 Å². The third kappa shape index (κ3) is 6.93. The molecule has 3 N–H and O–H groups in total. The van der Waals surface area contributed by atoms with E-state index in [1.807, 2.05) is 0 Å². The number of halogens is 3. The number of rotatable bonds is 10. The van der Waals surface area contributed by atoms with Crippen molar-refractivity contribution >= 4 is 46.1 Å². The summed E-state index contributed by atoms with van der Waals surface area (Å²) < 4.78 is 39.7. The van der Waals surface area contributed by atoms with Gasteiger partial charge in [0.15, 0.2) is 0 Å². The molecule has 0 bridgehead atoms. The quantitative estimate of drug-likeness (QED) is 0.291. The number of anilines is 1. The van der Waals surface area contributed by atoms with Gasteiger partial charge < -0.3 is 15.6 Å². The van der Waals surface area contributed by atoms with Gasteiger partial charge >= 0.3 is 0 Å². The SMILES string of the molecule is NCCCc1ccc2c(c1)CCCC2NC(=O)CC(c1ccc(F)cc1)N(c1ccc(Cl)c(Cl)c1)S(=O)[O-].